The number of para-hydroxylation sites is 2. The highest BCUT2D eigenvalue weighted by Crippen LogP contribution is 2.34. The number of anilines is 1. The van der Waals surface area contributed by atoms with Gasteiger partial charge in [-0.05, 0) is 49.2 Å². The highest BCUT2D eigenvalue weighted by molar-refractivity contribution is 7.22. The van der Waals surface area contributed by atoms with Crippen LogP contribution in [-0.4, -0.2) is 50.8 Å². The zero-order valence-electron chi connectivity index (χ0n) is 17.9. The van der Waals surface area contributed by atoms with E-state index in [0.29, 0.717) is 18.0 Å². The van der Waals surface area contributed by atoms with Gasteiger partial charge in [0.15, 0.2) is 16.6 Å². The number of carbonyl (C=O) groups excluding carboxylic acids is 1. The number of quaternary nitrogens is 1. The maximum Gasteiger partial charge on any atom is 0.273 e. The molecule has 1 N–H and O–H groups in total. The molecule has 6 nitrogen and oxygen atoms in total. The molecule has 7 heteroatoms. The number of nitrogens with zero attached hydrogens (tertiary/aromatic N) is 2. The van der Waals surface area contributed by atoms with Crippen molar-refractivity contribution in [1.82, 2.24) is 4.98 Å². The first kappa shape index (κ1) is 20.6. The molecule has 0 spiro atoms. The molecule has 0 saturated carbocycles. The SMILES string of the molecule is Cc1cc2nc(N(CCC[NH+](C)C)C(=O)[C@H]3COc4ccccc4O3)sc2cc1C. The van der Waals surface area contributed by atoms with Crippen LogP contribution in [0.3, 0.4) is 0 Å². The minimum Gasteiger partial charge on any atom is -0.485 e. The van der Waals surface area contributed by atoms with Crippen molar-refractivity contribution in [3.63, 3.8) is 0 Å². The van der Waals surface area contributed by atoms with E-state index in [9.17, 15) is 4.79 Å². The summed E-state index contributed by atoms with van der Waals surface area (Å²) in [7, 11) is 4.23. The Morgan fingerprint density at radius 2 is 1.93 bits per heavy atom. The maximum atomic E-state index is 13.5. The molecule has 1 amide bonds. The van der Waals surface area contributed by atoms with Crippen LogP contribution in [-0.2, 0) is 4.79 Å². The van der Waals surface area contributed by atoms with Crippen molar-refractivity contribution in [2.75, 3.05) is 38.7 Å². The lowest BCUT2D eigenvalue weighted by Crippen LogP contribution is -3.05. The molecular weight excluding hydrogens is 398 g/mol. The van der Waals surface area contributed by atoms with Crippen LogP contribution in [0.15, 0.2) is 36.4 Å². The molecule has 2 heterocycles. The smallest absolute Gasteiger partial charge is 0.273 e. The second-order valence-corrected chi connectivity index (χ2v) is 9.07. The number of nitrogens with one attached hydrogen (secondary N) is 1. The van der Waals surface area contributed by atoms with E-state index < -0.39 is 6.10 Å². The second-order valence-electron chi connectivity index (χ2n) is 8.07. The van der Waals surface area contributed by atoms with Gasteiger partial charge in [-0.1, -0.05) is 23.5 Å². The number of benzene rings is 2. The van der Waals surface area contributed by atoms with E-state index in [1.54, 1.807) is 16.2 Å². The van der Waals surface area contributed by atoms with Crippen LogP contribution in [0.25, 0.3) is 10.2 Å². The van der Waals surface area contributed by atoms with E-state index in [2.05, 4.69) is 40.1 Å². The van der Waals surface area contributed by atoms with Crippen LogP contribution in [0.1, 0.15) is 17.5 Å². The Morgan fingerprint density at radius 3 is 2.70 bits per heavy atom. The lowest BCUT2D eigenvalue weighted by molar-refractivity contribution is -0.858. The monoisotopic (exact) mass is 426 g/mol. The topological polar surface area (TPSA) is 56.1 Å². The number of ether oxygens (including phenoxy) is 2. The number of hydrogen-bond donors (Lipinski definition) is 1. The molecule has 0 fully saturated rings. The standard InChI is InChI=1S/C23H27N3O3S/c1-15-12-17-21(13-16(15)2)30-23(24-17)26(11-7-10-25(3)4)22(27)20-14-28-18-8-5-6-9-19(18)29-20/h5-6,8-9,12-13,20H,7,10-11,14H2,1-4H3/p+1/t20-/m1/s1. The second kappa shape index (κ2) is 8.62. The number of carbonyl (C=O) groups is 1. The summed E-state index contributed by atoms with van der Waals surface area (Å²) in [5.41, 5.74) is 3.36. The lowest BCUT2D eigenvalue weighted by Gasteiger charge is -2.29. The van der Waals surface area contributed by atoms with E-state index in [1.165, 1.54) is 16.0 Å². The Labute approximate surface area is 181 Å². The average molecular weight is 427 g/mol. The number of thiazole rings is 1. The van der Waals surface area contributed by atoms with Gasteiger partial charge < -0.3 is 14.4 Å². The molecule has 0 aliphatic carbocycles. The fourth-order valence-electron chi connectivity index (χ4n) is 3.49. The van der Waals surface area contributed by atoms with Crippen LogP contribution in [0.4, 0.5) is 5.13 Å². The molecule has 0 radical (unpaired) electrons. The number of aryl methyl sites for hydroxylation is 2. The third-order valence-corrected chi connectivity index (χ3v) is 6.37. The molecule has 0 saturated heterocycles. The summed E-state index contributed by atoms with van der Waals surface area (Å²) in [5.74, 6) is 1.18. The van der Waals surface area contributed by atoms with Crippen molar-refractivity contribution in [2.24, 2.45) is 0 Å². The van der Waals surface area contributed by atoms with Gasteiger partial charge in [0.25, 0.3) is 5.91 Å². The number of fused-ring (bicyclic) bond motifs is 2. The van der Waals surface area contributed by atoms with Crippen LogP contribution in [0.5, 0.6) is 11.5 Å². The van der Waals surface area contributed by atoms with Gasteiger partial charge in [0, 0.05) is 13.0 Å². The number of aromatic nitrogens is 1. The van der Waals surface area contributed by atoms with E-state index in [4.69, 9.17) is 14.5 Å². The quantitative estimate of drug-likeness (QED) is 0.658. The Balaban J connectivity index is 1.62. The first-order chi connectivity index (χ1) is 14.4. The largest absolute Gasteiger partial charge is 0.485 e. The third-order valence-electron chi connectivity index (χ3n) is 5.33. The van der Waals surface area contributed by atoms with Crippen molar-refractivity contribution >= 4 is 32.6 Å². The number of hydrogen-bond acceptors (Lipinski definition) is 5. The molecule has 0 bridgehead atoms. The first-order valence-electron chi connectivity index (χ1n) is 10.3. The number of amides is 1. The van der Waals surface area contributed by atoms with Crippen molar-refractivity contribution in [1.29, 1.82) is 0 Å². The van der Waals surface area contributed by atoms with Crippen LogP contribution < -0.4 is 19.3 Å². The van der Waals surface area contributed by atoms with Crippen molar-refractivity contribution < 1.29 is 19.2 Å². The van der Waals surface area contributed by atoms with E-state index in [-0.39, 0.29) is 12.5 Å². The molecule has 1 aliphatic heterocycles. The van der Waals surface area contributed by atoms with Crippen LogP contribution in [0.2, 0.25) is 0 Å². The number of rotatable bonds is 6. The molecule has 158 valence electrons. The third kappa shape index (κ3) is 4.27. The van der Waals surface area contributed by atoms with Crippen molar-refractivity contribution in [2.45, 2.75) is 26.4 Å². The summed E-state index contributed by atoms with van der Waals surface area (Å²) in [4.78, 5) is 21.4. The molecule has 0 unspecified atom stereocenters. The molecule has 30 heavy (non-hydrogen) atoms. The highest BCUT2D eigenvalue weighted by Gasteiger charge is 2.33. The molecular formula is C23H28N3O3S+. The zero-order valence-corrected chi connectivity index (χ0v) is 18.7. The van der Waals surface area contributed by atoms with Gasteiger partial charge >= 0.3 is 0 Å². The Kier molecular flexibility index (Phi) is 5.92. The molecule has 4 rings (SSSR count). The summed E-state index contributed by atoms with van der Waals surface area (Å²) in [6, 6.07) is 11.7. The summed E-state index contributed by atoms with van der Waals surface area (Å²) >= 11 is 1.56. The molecule has 1 aromatic heterocycles. The van der Waals surface area contributed by atoms with Crippen molar-refractivity contribution in [3.05, 3.63) is 47.5 Å². The predicted octanol–water partition coefficient (Wildman–Crippen LogP) is 2.62. The summed E-state index contributed by atoms with van der Waals surface area (Å²) < 4.78 is 12.9. The average Bonchev–Trinajstić information content (AvgIpc) is 3.12. The van der Waals surface area contributed by atoms with Gasteiger partial charge in [-0.15, -0.1) is 0 Å². The Bertz CT molecular complexity index is 1020. The molecule has 1 atom stereocenters. The van der Waals surface area contributed by atoms with Crippen LogP contribution in [0, 0.1) is 13.8 Å². The van der Waals surface area contributed by atoms with Crippen LogP contribution >= 0.6 is 11.3 Å². The van der Waals surface area contributed by atoms with Gasteiger partial charge in [-0.2, -0.15) is 0 Å². The normalized spacial score (nSPS) is 15.6. The summed E-state index contributed by atoms with van der Waals surface area (Å²) in [6.45, 7) is 5.96. The molecule has 2 aromatic carbocycles. The predicted molar refractivity (Wildman–Crippen MR) is 120 cm³/mol. The molecule has 1 aliphatic rings. The minimum absolute atomic E-state index is 0.106. The maximum absolute atomic E-state index is 13.5. The summed E-state index contributed by atoms with van der Waals surface area (Å²) in [6.07, 6.45) is 0.203. The zero-order chi connectivity index (χ0) is 21.3. The van der Waals surface area contributed by atoms with Gasteiger partial charge in [0.05, 0.1) is 30.9 Å². The Morgan fingerprint density at radius 1 is 1.20 bits per heavy atom. The minimum atomic E-state index is -0.679. The molecule has 3 aromatic rings. The van der Waals surface area contributed by atoms with E-state index >= 15 is 0 Å². The van der Waals surface area contributed by atoms with E-state index in [1.807, 2.05) is 24.3 Å². The summed E-state index contributed by atoms with van der Waals surface area (Å²) in [5, 5.41) is 0.719. The van der Waals surface area contributed by atoms with Gasteiger partial charge in [0.1, 0.15) is 6.61 Å². The Hall–Kier alpha value is -2.64. The van der Waals surface area contributed by atoms with Crippen molar-refractivity contribution in [3.8, 4) is 11.5 Å². The van der Waals surface area contributed by atoms with Gasteiger partial charge in [0.2, 0.25) is 6.10 Å². The lowest BCUT2D eigenvalue weighted by atomic mass is 10.1. The highest BCUT2D eigenvalue weighted by atomic mass is 32.1. The van der Waals surface area contributed by atoms with Gasteiger partial charge in [-0.25, -0.2) is 4.98 Å². The van der Waals surface area contributed by atoms with Gasteiger partial charge in [-0.3, -0.25) is 9.69 Å². The fourth-order valence-corrected chi connectivity index (χ4v) is 4.57. The first-order valence-corrected chi connectivity index (χ1v) is 11.1. The fraction of sp³-hybridized carbons (Fsp3) is 0.391. The van der Waals surface area contributed by atoms with E-state index in [0.717, 1.165) is 28.3 Å².